The van der Waals surface area contributed by atoms with Gasteiger partial charge in [0.05, 0.1) is 6.61 Å². The highest BCUT2D eigenvalue weighted by Crippen LogP contribution is 2.20. The van der Waals surface area contributed by atoms with Gasteiger partial charge in [-0.25, -0.2) is 0 Å². The van der Waals surface area contributed by atoms with Gasteiger partial charge in [-0.1, -0.05) is 0 Å². The average Bonchev–Trinajstić information content (AvgIpc) is 3.11. The molecule has 0 aromatic carbocycles. The van der Waals surface area contributed by atoms with Crippen molar-refractivity contribution in [2.75, 3.05) is 39.4 Å². The number of piperazine rings is 1. The second kappa shape index (κ2) is 5.81. The fourth-order valence-corrected chi connectivity index (χ4v) is 3.47. The molecule has 0 saturated carbocycles. The summed E-state index contributed by atoms with van der Waals surface area (Å²) in [4.78, 5) is 16.7. The standard InChI is InChI=1S/C14H21N3O2S/c15-14(2-7-19-11-14)13(18)17-5-3-16(4-6-17)9-12-1-8-20-10-12/h1,8,10H,2-7,9,11,15H2. The Labute approximate surface area is 123 Å². The van der Waals surface area contributed by atoms with E-state index < -0.39 is 5.54 Å². The number of hydrogen-bond donors (Lipinski definition) is 1. The molecule has 1 unspecified atom stereocenters. The van der Waals surface area contributed by atoms with Crippen LogP contribution < -0.4 is 5.73 Å². The van der Waals surface area contributed by atoms with Crippen molar-refractivity contribution < 1.29 is 9.53 Å². The minimum atomic E-state index is -0.782. The van der Waals surface area contributed by atoms with Gasteiger partial charge in [0.2, 0.25) is 5.91 Å². The average molecular weight is 295 g/mol. The van der Waals surface area contributed by atoms with Gasteiger partial charge in [-0.3, -0.25) is 9.69 Å². The van der Waals surface area contributed by atoms with E-state index in [1.54, 1.807) is 11.3 Å². The zero-order valence-electron chi connectivity index (χ0n) is 11.6. The van der Waals surface area contributed by atoms with Crippen LogP contribution in [-0.2, 0) is 16.1 Å². The van der Waals surface area contributed by atoms with Gasteiger partial charge in [-0.05, 0) is 28.8 Å². The molecule has 3 rings (SSSR count). The number of nitrogens with two attached hydrogens (primary N) is 1. The molecule has 0 radical (unpaired) electrons. The van der Waals surface area contributed by atoms with E-state index in [4.69, 9.17) is 10.5 Å². The van der Waals surface area contributed by atoms with Crippen molar-refractivity contribution in [2.24, 2.45) is 5.73 Å². The first-order chi connectivity index (χ1) is 9.67. The van der Waals surface area contributed by atoms with E-state index in [0.29, 0.717) is 19.6 Å². The van der Waals surface area contributed by atoms with Gasteiger partial charge in [0.25, 0.3) is 0 Å². The summed E-state index contributed by atoms with van der Waals surface area (Å²) >= 11 is 1.73. The highest BCUT2D eigenvalue weighted by molar-refractivity contribution is 7.07. The van der Waals surface area contributed by atoms with Gasteiger partial charge in [0.1, 0.15) is 5.54 Å². The Kier molecular flexibility index (Phi) is 4.07. The van der Waals surface area contributed by atoms with E-state index >= 15 is 0 Å². The quantitative estimate of drug-likeness (QED) is 0.883. The first-order valence-electron chi connectivity index (χ1n) is 7.07. The number of nitrogens with zero attached hydrogens (tertiary/aromatic N) is 2. The van der Waals surface area contributed by atoms with Crippen LogP contribution in [0, 0.1) is 0 Å². The third-order valence-electron chi connectivity index (χ3n) is 4.12. The maximum Gasteiger partial charge on any atom is 0.245 e. The molecular weight excluding hydrogens is 274 g/mol. The van der Waals surface area contributed by atoms with Crippen LogP contribution in [0.15, 0.2) is 16.8 Å². The van der Waals surface area contributed by atoms with Gasteiger partial charge in [0.15, 0.2) is 0 Å². The van der Waals surface area contributed by atoms with Gasteiger partial charge >= 0.3 is 0 Å². The van der Waals surface area contributed by atoms with Crippen molar-refractivity contribution in [2.45, 2.75) is 18.5 Å². The number of ether oxygens (including phenoxy) is 1. The van der Waals surface area contributed by atoms with Crippen LogP contribution in [0.4, 0.5) is 0 Å². The fraction of sp³-hybridized carbons (Fsp3) is 0.643. The highest BCUT2D eigenvalue weighted by Gasteiger charge is 2.41. The van der Waals surface area contributed by atoms with E-state index in [2.05, 4.69) is 21.7 Å². The van der Waals surface area contributed by atoms with E-state index in [9.17, 15) is 4.79 Å². The fourth-order valence-electron chi connectivity index (χ4n) is 2.81. The van der Waals surface area contributed by atoms with Crippen molar-refractivity contribution in [3.8, 4) is 0 Å². The number of amides is 1. The van der Waals surface area contributed by atoms with Crippen LogP contribution in [0.3, 0.4) is 0 Å². The van der Waals surface area contributed by atoms with Crippen molar-refractivity contribution in [1.82, 2.24) is 9.80 Å². The van der Waals surface area contributed by atoms with Crippen molar-refractivity contribution in [1.29, 1.82) is 0 Å². The second-order valence-corrected chi connectivity index (χ2v) is 6.44. The second-order valence-electron chi connectivity index (χ2n) is 5.66. The minimum Gasteiger partial charge on any atom is -0.379 e. The van der Waals surface area contributed by atoms with Crippen LogP contribution in [0.25, 0.3) is 0 Å². The van der Waals surface area contributed by atoms with Crippen LogP contribution in [-0.4, -0.2) is 60.6 Å². The smallest absolute Gasteiger partial charge is 0.245 e. The number of carbonyl (C=O) groups is 1. The van der Waals surface area contributed by atoms with Crippen LogP contribution >= 0.6 is 11.3 Å². The summed E-state index contributed by atoms with van der Waals surface area (Å²) in [5, 5.41) is 4.29. The van der Waals surface area contributed by atoms with Crippen LogP contribution in [0.2, 0.25) is 0 Å². The maximum atomic E-state index is 12.4. The molecule has 5 nitrogen and oxygen atoms in total. The maximum absolute atomic E-state index is 12.4. The summed E-state index contributed by atoms with van der Waals surface area (Å²) in [5.74, 6) is 0.0604. The molecule has 1 amide bonds. The van der Waals surface area contributed by atoms with Gasteiger partial charge in [0, 0.05) is 39.3 Å². The molecule has 0 aliphatic carbocycles. The van der Waals surface area contributed by atoms with Crippen molar-refractivity contribution in [3.63, 3.8) is 0 Å². The third kappa shape index (κ3) is 2.88. The molecule has 3 heterocycles. The third-order valence-corrected chi connectivity index (χ3v) is 4.86. The Bertz CT molecular complexity index is 449. The van der Waals surface area contributed by atoms with Gasteiger partial charge < -0.3 is 15.4 Å². The monoisotopic (exact) mass is 295 g/mol. The number of hydrogen-bond acceptors (Lipinski definition) is 5. The Balaban J connectivity index is 1.52. The lowest BCUT2D eigenvalue weighted by molar-refractivity contribution is -0.138. The summed E-state index contributed by atoms with van der Waals surface area (Å²) < 4.78 is 5.28. The van der Waals surface area contributed by atoms with Gasteiger partial charge in [-0.15, -0.1) is 0 Å². The molecule has 1 aromatic heterocycles. The molecule has 6 heteroatoms. The lowest BCUT2D eigenvalue weighted by Crippen LogP contribution is -2.59. The van der Waals surface area contributed by atoms with Crippen molar-refractivity contribution >= 4 is 17.2 Å². The Morgan fingerprint density at radius 2 is 2.20 bits per heavy atom. The molecule has 2 aliphatic heterocycles. The van der Waals surface area contributed by atoms with E-state index in [1.807, 2.05) is 4.90 Å². The SMILES string of the molecule is NC1(C(=O)N2CCN(Cc3ccsc3)CC2)CCOC1. The summed E-state index contributed by atoms with van der Waals surface area (Å²) in [5.41, 5.74) is 6.72. The molecule has 20 heavy (non-hydrogen) atoms. The number of thiophene rings is 1. The normalized spacial score (nSPS) is 27.9. The van der Waals surface area contributed by atoms with E-state index in [-0.39, 0.29) is 5.91 Å². The molecule has 0 spiro atoms. The van der Waals surface area contributed by atoms with E-state index in [0.717, 1.165) is 32.7 Å². The van der Waals surface area contributed by atoms with Crippen LogP contribution in [0.1, 0.15) is 12.0 Å². The summed E-state index contributed by atoms with van der Waals surface area (Å²) in [6.07, 6.45) is 0.640. The first kappa shape index (κ1) is 14.0. The highest BCUT2D eigenvalue weighted by atomic mass is 32.1. The molecule has 1 atom stereocenters. The number of rotatable bonds is 3. The Hall–Kier alpha value is -0.950. The molecule has 110 valence electrons. The number of carbonyl (C=O) groups excluding carboxylic acids is 1. The molecule has 2 N–H and O–H groups in total. The molecule has 0 bridgehead atoms. The first-order valence-corrected chi connectivity index (χ1v) is 8.01. The van der Waals surface area contributed by atoms with E-state index in [1.165, 1.54) is 5.56 Å². The van der Waals surface area contributed by atoms with Gasteiger partial charge in [-0.2, -0.15) is 11.3 Å². The molecule has 1 aromatic rings. The Morgan fingerprint density at radius 1 is 1.40 bits per heavy atom. The minimum absolute atomic E-state index is 0.0604. The molecule has 2 aliphatic rings. The molecule has 2 saturated heterocycles. The summed E-state index contributed by atoms with van der Waals surface area (Å²) in [7, 11) is 0. The summed E-state index contributed by atoms with van der Waals surface area (Å²) in [6, 6.07) is 2.16. The predicted octanol–water partition coefficient (Wildman–Crippen LogP) is 0.510. The Morgan fingerprint density at radius 3 is 2.80 bits per heavy atom. The largest absolute Gasteiger partial charge is 0.379 e. The van der Waals surface area contributed by atoms with Crippen LogP contribution in [0.5, 0.6) is 0 Å². The predicted molar refractivity (Wildman–Crippen MR) is 78.5 cm³/mol. The zero-order valence-corrected chi connectivity index (χ0v) is 12.4. The van der Waals surface area contributed by atoms with Crippen molar-refractivity contribution in [3.05, 3.63) is 22.4 Å². The lowest BCUT2D eigenvalue weighted by Gasteiger charge is -2.37. The zero-order chi connectivity index (χ0) is 14.0. The lowest BCUT2D eigenvalue weighted by atomic mass is 9.98. The molecular formula is C14H21N3O2S. The topological polar surface area (TPSA) is 58.8 Å². The molecule has 2 fully saturated rings. The summed E-state index contributed by atoms with van der Waals surface area (Å²) in [6.45, 7) is 5.30.